The molecule has 3 nitrogen and oxygen atoms in total. The van der Waals surface area contributed by atoms with Crippen molar-refractivity contribution >= 4 is 0 Å². The van der Waals surface area contributed by atoms with E-state index in [9.17, 15) is 5.11 Å². The highest BCUT2D eigenvalue weighted by Gasteiger charge is 2.32. The van der Waals surface area contributed by atoms with E-state index in [0.29, 0.717) is 6.04 Å². The summed E-state index contributed by atoms with van der Waals surface area (Å²) in [6.45, 7) is 5.09. The fourth-order valence-corrected chi connectivity index (χ4v) is 2.83. The van der Waals surface area contributed by atoms with E-state index in [4.69, 9.17) is 4.74 Å². The van der Waals surface area contributed by atoms with Crippen molar-refractivity contribution in [2.45, 2.75) is 57.4 Å². The molecule has 2 N–H and O–H groups in total. The molecule has 18 heavy (non-hydrogen) atoms. The van der Waals surface area contributed by atoms with Crippen LogP contribution in [0.1, 0.15) is 37.8 Å². The predicted molar refractivity (Wildman–Crippen MR) is 70.7 cm³/mol. The summed E-state index contributed by atoms with van der Waals surface area (Å²) in [5, 5.41) is 12.8. The van der Waals surface area contributed by atoms with Crippen molar-refractivity contribution in [1.82, 2.24) is 5.32 Å². The van der Waals surface area contributed by atoms with Crippen molar-refractivity contribution in [2.75, 3.05) is 0 Å². The van der Waals surface area contributed by atoms with Gasteiger partial charge < -0.3 is 15.2 Å². The normalized spacial score (nSPS) is 28.4. The number of hydrogen-bond acceptors (Lipinski definition) is 3. The molecule has 3 rings (SSSR count). The van der Waals surface area contributed by atoms with Crippen LogP contribution in [0.5, 0.6) is 5.75 Å². The first-order valence-electron chi connectivity index (χ1n) is 6.75. The molecule has 98 valence electrons. The van der Waals surface area contributed by atoms with Gasteiger partial charge in [-0.1, -0.05) is 18.2 Å². The Morgan fingerprint density at radius 1 is 1.39 bits per heavy atom. The number of ether oxygens (including phenoxy) is 1. The lowest BCUT2D eigenvalue weighted by Gasteiger charge is -2.32. The molecule has 0 bridgehead atoms. The summed E-state index contributed by atoms with van der Waals surface area (Å²) in [5.74, 6) is 1.06. The Morgan fingerprint density at radius 3 is 2.89 bits per heavy atom. The lowest BCUT2D eigenvalue weighted by molar-refractivity contribution is 0.0617. The first-order chi connectivity index (χ1) is 8.53. The van der Waals surface area contributed by atoms with Gasteiger partial charge in [-0.05, 0) is 32.3 Å². The van der Waals surface area contributed by atoms with E-state index in [-0.39, 0.29) is 11.7 Å². The fraction of sp³-hybridized carbons (Fsp3) is 0.600. The second-order valence-electron chi connectivity index (χ2n) is 6.15. The Labute approximate surface area is 108 Å². The van der Waals surface area contributed by atoms with Crippen LogP contribution in [-0.2, 0) is 13.0 Å². The maximum Gasteiger partial charge on any atom is 0.127 e. The molecule has 0 unspecified atom stereocenters. The highest BCUT2D eigenvalue weighted by molar-refractivity contribution is 5.45. The van der Waals surface area contributed by atoms with Crippen LogP contribution in [0, 0.1) is 0 Å². The summed E-state index contributed by atoms with van der Waals surface area (Å²) in [7, 11) is 0. The predicted octanol–water partition coefficient (Wildman–Crippen LogP) is 2.01. The number of fused-ring (bicyclic) bond motifs is 1. The van der Waals surface area contributed by atoms with Crippen LogP contribution in [0.2, 0.25) is 0 Å². The Kier molecular flexibility index (Phi) is 2.83. The lowest BCUT2D eigenvalue weighted by Crippen LogP contribution is -2.43. The molecule has 0 atom stereocenters. The van der Waals surface area contributed by atoms with Crippen LogP contribution >= 0.6 is 0 Å². The van der Waals surface area contributed by atoms with E-state index in [1.54, 1.807) is 0 Å². The molecule has 0 amide bonds. The molecule has 1 fully saturated rings. The Balaban J connectivity index is 1.69. The van der Waals surface area contributed by atoms with Gasteiger partial charge in [0, 0.05) is 24.6 Å². The van der Waals surface area contributed by atoms with Crippen molar-refractivity contribution in [2.24, 2.45) is 0 Å². The number of benzene rings is 1. The monoisotopic (exact) mass is 247 g/mol. The Bertz CT molecular complexity index is 450. The van der Waals surface area contributed by atoms with Crippen LogP contribution in [0.4, 0.5) is 0 Å². The average Bonchev–Trinajstić information content (AvgIpc) is 2.57. The molecule has 3 heteroatoms. The van der Waals surface area contributed by atoms with Gasteiger partial charge in [-0.15, -0.1) is 0 Å². The van der Waals surface area contributed by atoms with Crippen LogP contribution < -0.4 is 10.1 Å². The van der Waals surface area contributed by atoms with E-state index in [1.165, 1.54) is 11.1 Å². The first kappa shape index (κ1) is 12.0. The SMILES string of the molecule is CC1(C)Cc2cccc(CNC3CC(O)C3)c2O1. The molecular formula is C15H21NO2. The second kappa shape index (κ2) is 4.25. The second-order valence-corrected chi connectivity index (χ2v) is 6.15. The van der Waals surface area contributed by atoms with Gasteiger partial charge in [0.15, 0.2) is 0 Å². The average molecular weight is 247 g/mol. The molecule has 0 radical (unpaired) electrons. The third-order valence-electron chi connectivity index (χ3n) is 3.87. The minimum Gasteiger partial charge on any atom is -0.487 e. The zero-order valence-corrected chi connectivity index (χ0v) is 11.1. The minimum absolute atomic E-state index is 0.0783. The summed E-state index contributed by atoms with van der Waals surface area (Å²) in [6, 6.07) is 6.85. The standard InChI is InChI=1S/C15H21NO2/c1-15(2)8-10-4-3-5-11(14(10)18-15)9-16-12-6-13(17)7-12/h3-5,12-13,16-17H,6-9H2,1-2H3. The largest absolute Gasteiger partial charge is 0.487 e. The quantitative estimate of drug-likeness (QED) is 0.858. The van der Waals surface area contributed by atoms with E-state index in [0.717, 1.165) is 31.6 Å². The van der Waals surface area contributed by atoms with E-state index < -0.39 is 0 Å². The fourth-order valence-electron chi connectivity index (χ4n) is 2.83. The summed E-state index contributed by atoms with van der Waals surface area (Å²) < 4.78 is 6.04. The van der Waals surface area contributed by atoms with Gasteiger partial charge in [0.05, 0.1) is 6.10 Å². The molecule has 1 aromatic carbocycles. The topological polar surface area (TPSA) is 41.5 Å². The molecule has 1 aliphatic carbocycles. The number of para-hydroxylation sites is 1. The molecule has 1 saturated carbocycles. The zero-order chi connectivity index (χ0) is 12.8. The number of rotatable bonds is 3. The maximum atomic E-state index is 9.27. The van der Waals surface area contributed by atoms with Gasteiger partial charge in [-0.2, -0.15) is 0 Å². The molecule has 1 heterocycles. The van der Waals surface area contributed by atoms with Gasteiger partial charge in [0.2, 0.25) is 0 Å². The smallest absolute Gasteiger partial charge is 0.127 e. The zero-order valence-electron chi connectivity index (χ0n) is 11.1. The molecule has 0 saturated heterocycles. The third kappa shape index (κ3) is 2.25. The number of aliphatic hydroxyl groups is 1. The van der Waals surface area contributed by atoms with E-state index >= 15 is 0 Å². The van der Waals surface area contributed by atoms with E-state index in [1.807, 2.05) is 0 Å². The van der Waals surface area contributed by atoms with E-state index in [2.05, 4.69) is 37.4 Å². The number of nitrogens with one attached hydrogen (secondary N) is 1. The Hall–Kier alpha value is -1.06. The van der Waals surface area contributed by atoms with Crippen molar-refractivity contribution < 1.29 is 9.84 Å². The summed E-state index contributed by atoms with van der Waals surface area (Å²) in [4.78, 5) is 0. The molecule has 0 aromatic heterocycles. The van der Waals surface area contributed by atoms with Gasteiger partial charge in [-0.25, -0.2) is 0 Å². The van der Waals surface area contributed by atoms with Crippen LogP contribution in [0.25, 0.3) is 0 Å². The third-order valence-corrected chi connectivity index (χ3v) is 3.87. The van der Waals surface area contributed by atoms with Crippen molar-refractivity contribution in [3.8, 4) is 5.75 Å². The van der Waals surface area contributed by atoms with Gasteiger partial charge in [0.1, 0.15) is 11.4 Å². The molecule has 1 aliphatic heterocycles. The summed E-state index contributed by atoms with van der Waals surface area (Å²) >= 11 is 0. The number of aliphatic hydroxyl groups excluding tert-OH is 1. The van der Waals surface area contributed by atoms with Crippen molar-refractivity contribution in [3.05, 3.63) is 29.3 Å². The molecule has 0 spiro atoms. The maximum absolute atomic E-state index is 9.27. The molecule has 2 aliphatic rings. The summed E-state index contributed by atoms with van der Waals surface area (Å²) in [5.41, 5.74) is 2.47. The van der Waals surface area contributed by atoms with Gasteiger partial charge in [-0.3, -0.25) is 0 Å². The number of hydrogen-bond donors (Lipinski definition) is 2. The van der Waals surface area contributed by atoms with Crippen LogP contribution in [0.3, 0.4) is 0 Å². The van der Waals surface area contributed by atoms with Gasteiger partial charge in [0.25, 0.3) is 0 Å². The van der Waals surface area contributed by atoms with Crippen LogP contribution in [0.15, 0.2) is 18.2 Å². The molecular weight excluding hydrogens is 226 g/mol. The van der Waals surface area contributed by atoms with Crippen molar-refractivity contribution in [1.29, 1.82) is 0 Å². The minimum atomic E-state index is -0.0980. The van der Waals surface area contributed by atoms with Crippen LogP contribution in [-0.4, -0.2) is 22.9 Å². The Morgan fingerprint density at radius 2 is 2.17 bits per heavy atom. The lowest BCUT2D eigenvalue weighted by atomic mass is 9.89. The summed E-state index contributed by atoms with van der Waals surface area (Å²) in [6.07, 6.45) is 2.64. The van der Waals surface area contributed by atoms with Gasteiger partial charge >= 0.3 is 0 Å². The highest BCUT2D eigenvalue weighted by atomic mass is 16.5. The van der Waals surface area contributed by atoms with Crippen molar-refractivity contribution in [3.63, 3.8) is 0 Å². The first-order valence-corrected chi connectivity index (χ1v) is 6.75. The molecule has 1 aromatic rings. The highest BCUT2D eigenvalue weighted by Crippen LogP contribution is 2.37.